The van der Waals surface area contributed by atoms with Gasteiger partial charge in [-0.05, 0) is 48.5 Å². The SMILES string of the molecule is O=C(Nc1cccc(Oc2ccncc2)c1)c1ccc(-n2cccn2)c(F)c1. The van der Waals surface area contributed by atoms with E-state index in [1.807, 2.05) is 0 Å². The second kappa shape index (κ2) is 7.71. The molecule has 6 nitrogen and oxygen atoms in total. The molecular formula is C21H15FN4O2. The molecule has 0 aliphatic rings. The van der Waals surface area contributed by atoms with Crippen LogP contribution in [0.25, 0.3) is 5.69 Å². The zero-order valence-electron chi connectivity index (χ0n) is 14.6. The van der Waals surface area contributed by atoms with Gasteiger partial charge in [-0.15, -0.1) is 0 Å². The maximum atomic E-state index is 14.4. The van der Waals surface area contributed by atoms with Gasteiger partial charge in [-0.1, -0.05) is 6.07 Å². The van der Waals surface area contributed by atoms with E-state index in [4.69, 9.17) is 4.74 Å². The minimum Gasteiger partial charge on any atom is -0.457 e. The van der Waals surface area contributed by atoms with Gasteiger partial charge in [-0.2, -0.15) is 5.10 Å². The van der Waals surface area contributed by atoms with Crippen molar-refractivity contribution >= 4 is 11.6 Å². The Morgan fingerprint density at radius 3 is 2.57 bits per heavy atom. The summed E-state index contributed by atoms with van der Waals surface area (Å²) in [5.41, 5.74) is 1.01. The van der Waals surface area contributed by atoms with Gasteiger partial charge >= 0.3 is 0 Å². The fourth-order valence-electron chi connectivity index (χ4n) is 2.63. The summed E-state index contributed by atoms with van der Waals surface area (Å²) >= 11 is 0. The number of aromatic nitrogens is 3. The molecule has 2 aromatic carbocycles. The molecule has 2 heterocycles. The van der Waals surface area contributed by atoms with Crippen LogP contribution in [0.4, 0.5) is 10.1 Å². The molecule has 0 saturated heterocycles. The molecule has 0 spiro atoms. The molecule has 7 heteroatoms. The van der Waals surface area contributed by atoms with Crippen molar-refractivity contribution in [1.29, 1.82) is 0 Å². The van der Waals surface area contributed by atoms with Crippen LogP contribution in [0.2, 0.25) is 0 Å². The number of amides is 1. The van der Waals surface area contributed by atoms with Crippen molar-refractivity contribution in [3.05, 3.63) is 96.8 Å². The molecule has 4 rings (SSSR count). The van der Waals surface area contributed by atoms with Gasteiger partial charge in [-0.25, -0.2) is 9.07 Å². The Hall–Kier alpha value is -4.00. The van der Waals surface area contributed by atoms with Gasteiger partial charge in [0, 0.05) is 42.1 Å². The molecule has 0 unspecified atom stereocenters. The van der Waals surface area contributed by atoms with Crippen LogP contribution >= 0.6 is 0 Å². The van der Waals surface area contributed by atoms with Gasteiger partial charge in [0.05, 0.1) is 0 Å². The van der Waals surface area contributed by atoms with Crippen molar-refractivity contribution in [1.82, 2.24) is 14.8 Å². The zero-order valence-corrected chi connectivity index (χ0v) is 14.6. The minimum absolute atomic E-state index is 0.203. The molecule has 0 atom stereocenters. The normalized spacial score (nSPS) is 10.5. The van der Waals surface area contributed by atoms with Crippen molar-refractivity contribution in [2.45, 2.75) is 0 Å². The maximum Gasteiger partial charge on any atom is 0.255 e. The van der Waals surface area contributed by atoms with Gasteiger partial charge in [0.1, 0.15) is 23.0 Å². The molecule has 28 heavy (non-hydrogen) atoms. The first-order chi connectivity index (χ1) is 13.7. The number of rotatable bonds is 5. The quantitative estimate of drug-likeness (QED) is 0.560. The Morgan fingerprint density at radius 2 is 1.82 bits per heavy atom. The van der Waals surface area contributed by atoms with E-state index >= 15 is 0 Å². The molecule has 0 saturated carbocycles. The van der Waals surface area contributed by atoms with Gasteiger partial charge in [0.25, 0.3) is 5.91 Å². The summed E-state index contributed by atoms with van der Waals surface area (Å²) in [6.07, 6.45) is 6.44. The summed E-state index contributed by atoms with van der Waals surface area (Å²) in [5, 5.41) is 6.74. The molecule has 0 aliphatic heterocycles. The third-order valence-electron chi connectivity index (χ3n) is 3.94. The molecule has 4 aromatic rings. The summed E-state index contributed by atoms with van der Waals surface area (Å²) in [6.45, 7) is 0. The van der Waals surface area contributed by atoms with Gasteiger partial charge in [0.15, 0.2) is 0 Å². The first kappa shape index (κ1) is 17.4. The first-order valence-corrected chi connectivity index (χ1v) is 8.48. The highest BCUT2D eigenvalue weighted by Crippen LogP contribution is 2.24. The van der Waals surface area contributed by atoms with Crippen LogP contribution in [0.3, 0.4) is 0 Å². The average Bonchev–Trinajstić information content (AvgIpc) is 3.23. The number of nitrogens with one attached hydrogen (secondary N) is 1. The van der Waals surface area contributed by atoms with Crippen LogP contribution in [0, 0.1) is 5.82 Å². The molecule has 0 fully saturated rings. The largest absolute Gasteiger partial charge is 0.457 e. The third kappa shape index (κ3) is 3.88. The Balaban J connectivity index is 1.49. The van der Waals surface area contributed by atoms with Crippen molar-refractivity contribution in [2.24, 2.45) is 0 Å². The smallest absolute Gasteiger partial charge is 0.255 e. The highest BCUT2D eigenvalue weighted by Gasteiger charge is 2.12. The second-order valence-corrected chi connectivity index (χ2v) is 5.88. The number of carbonyl (C=O) groups excluding carboxylic acids is 1. The number of ether oxygens (including phenoxy) is 1. The van der Waals surface area contributed by atoms with E-state index in [2.05, 4.69) is 15.4 Å². The van der Waals surface area contributed by atoms with E-state index in [1.165, 1.54) is 16.8 Å². The molecule has 2 aromatic heterocycles. The highest BCUT2D eigenvalue weighted by atomic mass is 19.1. The average molecular weight is 374 g/mol. The lowest BCUT2D eigenvalue weighted by atomic mass is 10.1. The monoisotopic (exact) mass is 374 g/mol. The molecule has 1 amide bonds. The van der Waals surface area contributed by atoms with E-state index in [0.717, 1.165) is 0 Å². The maximum absolute atomic E-state index is 14.4. The van der Waals surface area contributed by atoms with Gasteiger partial charge < -0.3 is 10.1 Å². The Morgan fingerprint density at radius 1 is 0.964 bits per heavy atom. The Kier molecular flexibility index (Phi) is 4.79. The lowest BCUT2D eigenvalue weighted by molar-refractivity contribution is 0.102. The Labute approximate surface area is 160 Å². The molecule has 138 valence electrons. The molecule has 1 N–H and O–H groups in total. The summed E-state index contributed by atoms with van der Waals surface area (Å²) in [4.78, 5) is 16.4. The van der Waals surface area contributed by atoms with Crippen molar-refractivity contribution in [3.8, 4) is 17.2 Å². The Bertz CT molecular complexity index is 1100. The highest BCUT2D eigenvalue weighted by molar-refractivity contribution is 6.04. The summed E-state index contributed by atoms with van der Waals surface area (Å²) in [6, 6.07) is 16.4. The summed E-state index contributed by atoms with van der Waals surface area (Å²) in [7, 11) is 0. The van der Waals surface area contributed by atoms with Gasteiger partial charge in [0.2, 0.25) is 0 Å². The predicted octanol–water partition coefficient (Wildman–Crippen LogP) is 4.45. The van der Waals surface area contributed by atoms with Crippen molar-refractivity contribution in [3.63, 3.8) is 0 Å². The van der Waals surface area contributed by atoms with E-state index in [1.54, 1.807) is 73.3 Å². The first-order valence-electron chi connectivity index (χ1n) is 8.48. The van der Waals surface area contributed by atoms with E-state index in [9.17, 15) is 9.18 Å². The van der Waals surface area contributed by atoms with Crippen LogP contribution in [-0.2, 0) is 0 Å². The van der Waals surface area contributed by atoms with Crippen LogP contribution in [-0.4, -0.2) is 20.7 Å². The number of pyridine rings is 1. The van der Waals surface area contributed by atoms with E-state index < -0.39 is 11.7 Å². The van der Waals surface area contributed by atoms with Crippen molar-refractivity contribution in [2.75, 3.05) is 5.32 Å². The van der Waals surface area contributed by atoms with E-state index in [-0.39, 0.29) is 11.3 Å². The molecule has 0 bridgehead atoms. The van der Waals surface area contributed by atoms with Crippen LogP contribution < -0.4 is 10.1 Å². The summed E-state index contributed by atoms with van der Waals surface area (Å²) < 4.78 is 21.5. The number of halogens is 1. The fourth-order valence-corrected chi connectivity index (χ4v) is 2.63. The molecular weight excluding hydrogens is 359 g/mol. The number of carbonyl (C=O) groups is 1. The minimum atomic E-state index is -0.536. The second-order valence-electron chi connectivity index (χ2n) is 5.88. The van der Waals surface area contributed by atoms with Crippen LogP contribution in [0.15, 0.2) is 85.5 Å². The van der Waals surface area contributed by atoms with E-state index in [0.29, 0.717) is 17.2 Å². The number of benzene rings is 2. The van der Waals surface area contributed by atoms with Crippen LogP contribution in [0.1, 0.15) is 10.4 Å². The third-order valence-corrected chi connectivity index (χ3v) is 3.94. The fraction of sp³-hybridized carbons (Fsp3) is 0. The molecule has 0 aliphatic carbocycles. The van der Waals surface area contributed by atoms with Crippen molar-refractivity contribution < 1.29 is 13.9 Å². The zero-order chi connectivity index (χ0) is 19.3. The number of hydrogen-bond acceptors (Lipinski definition) is 4. The van der Waals surface area contributed by atoms with Crippen LogP contribution in [0.5, 0.6) is 11.5 Å². The standard InChI is InChI=1S/C21H15FN4O2/c22-19-13-15(5-6-20(19)26-12-2-9-24-26)21(27)25-16-3-1-4-18(14-16)28-17-7-10-23-11-8-17/h1-14H,(H,25,27). The number of hydrogen-bond donors (Lipinski definition) is 1. The topological polar surface area (TPSA) is 69.0 Å². The number of anilines is 1. The lowest BCUT2D eigenvalue weighted by Gasteiger charge is -2.10. The molecule has 0 radical (unpaired) electrons. The number of nitrogens with zero attached hydrogens (tertiary/aromatic N) is 3. The lowest BCUT2D eigenvalue weighted by Crippen LogP contribution is -2.12. The predicted molar refractivity (Wildman–Crippen MR) is 102 cm³/mol. The summed E-state index contributed by atoms with van der Waals surface area (Å²) in [5.74, 6) is 0.233. The van der Waals surface area contributed by atoms with Gasteiger partial charge in [-0.3, -0.25) is 9.78 Å².